The molecule has 2 saturated carbocycles. The van der Waals surface area contributed by atoms with Gasteiger partial charge in [0.2, 0.25) is 0 Å². The predicted octanol–water partition coefficient (Wildman–Crippen LogP) is 8.06. The second-order valence-corrected chi connectivity index (χ2v) is 11.2. The maximum Gasteiger partial charge on any atom is 0.344 e. The first-order valence-electron chi connectivity index (χ1n) is 15.3. The van der Waals surface area contributed by atoms with Gasteiger partial charge in [0.15, 0.2) is 13.2 Å². The first-order chi connectivity index (χ1) is 19.7. The van der Waals surface area contributed by atoms with E-state index in [0.717, 1.165) is 72.9 Å². The molecule has 6 nitrogen and oxygen atoms in total. The molecular weight excluding hydrogens is 504 g/mol. The van der Waals surface area contributed by atoms with Gasteiger partial charge < -0.3 is 18.9 Å². The van der Waals surface area contributed by atoms with Crippen molar-refractivity contribution < 1.29 is 28.5 Å². The molecule has 0 aliphatic heterocycles. The first kappa shape index (κ1) is 28.3. The van der Waals surface area contributed by atoms with E-state index in [1.54, 1.807) is 0 Å². The average Bonchev–Trinajstić information content (AvgIpc) is 2.93. The zero-order chi connectivity index (χ0) is 27.6. The van der Waals surface area contributed by atoms with Crippen LogP contribution in [0.5, 0.6) is 11.5 Å². The maximum absolute atomic E-state index is 12.8. The third-order valence-corrected chi connectivity index (χ3v) is 8.20. The van der Waals surface area contributed by atoms with Crippen LogP contribution in [0.2, 0.25) is 0 Å². The minimum atomic E-state index is -0.337. The first-order valence-corrected chi connectivity index (χ1v) is 15.3. The quantitative estimate of drug-likeness (QED) is 0.210. The van der Waals surface area contributed by atoms with Crippen molar-refractivity contribution in [2.45, 2.75) is 102 Å². The van der Waals surface area contributed by atoms with E-state index in [9.17, 15) is 9.59 Å². The van der Waals surface area contributed by atoms with Crippen LogP contribution in [0.4, 0.5) is 0 Å². The number of esters is 2. The van der Waals surface area contributed by atoms with Crippen LogP contribution in [0.15, 0.2) is 48.5 Å². The van der Waals surface area contributed by atoms with Gasteiger partial charge in [0, 0.05) is 21.5 Å². The van der Waals surface area contributed by atoms with Crippen LogP contribution in [0.1, 0.15) is 89.9 Å². The van der Waals surface area contributed by atoms with Crippen molar-refractivity contribution in [2.75, 3.05) is 13.2 Å². The zero-order valence-corrected chi connectivity index (χ0v) is 23.5. The Bertz CT molecular complexity index is 1110. The predicted molar refractivity (Wildman–Crippen MR) is 157 cm³/mol. The smallest absolute Gasteiger partial charge is 0.344 e. The van der Waals surface area contributed by atoms with Crippen molar-refractivity contribution in [1.82, 2.24) is 0 Å². The molecular formula is C34H42O6. The molecule has 0 N–H and O–H groups in total. The molecule has 0 amide bonds. The molecule has 0 spiro atoms. The van der Waals surface area contributed by atoms with Crippen LogP contribution < -0.4 is 9.47 Å². The summed E-state index contributed by atoms with van der Waals surface area (Å²) in [5.41, 5.74) is 0. The van der Waals surface area contributed by atoms with Crippen molar-refractivity contribution >= 4 is 33.5 Å². The number of ether oxygens (including phenoxy) is 4. The number of benzene rings is 3. The summed E-state index contributed by atoms with van der Waals surface area (Å²) in [5.74, 6) is 0.558. The highest BCUT2D eigenvalue weighted by Crippen LogP contribution is 2.42. The zero-order valence-electron chi connectivity index (χ0n) is 23.5. The summed E-state index contributed by atoms with van der Waals surface area (Å²) >= 11 is 0. The van der Waals surface area contributed by atoms with Crippen molar-refractivity contribution in [3.63, 3.8) is 0 Å². The monoisotopic (exact) mass is 546 g/mol. The van der Waals surface area contributed by atoms with E-state index in [1.165, 1.54) is 38.5 Å². The number of carbonyl (C=O) groups is 2. The summed E-state index contributed by atoms with van der Waals surface area (Å²) < 4.78 is 23.9. The van der Waals surface area contributed by atoms with Crippen LogP contribution in [0.3, 0.4) is 0 Å². The molecule has 214 valence electrons. The molecule has 2 aliphatic rings. The fourth-order valence-electron chi connectivity index (χ4n) is 6.13. The second-order valence-electron chi connectivity index (χ2n) is 11.2. The third kappa shape index (κ3) is 7.47. The van der Waals surface area contributed by atoms with E-state index >= 15 is 0 Å². The molecule has 0 atom stereocenters. The summed E-state index contributed by atoms with van der Waals surface area (Å²) in [4.78, 5) is 25.6. The Kier molecular flexibility index (Phi) is 10.2. The lowest BCUT2D eigenvalue weighted by Gasteiger charge is -2.21. The van der Waals surface area contributed by atoms with Gasteiger partial charge in [-0.05, 0) is 51.4 Å². The molecule has 2 aliphatic carbocycles. The van der Waals surface area contributed by atoms with Crippen LogP contribution in [0.25, 0.3) is 21.5 Å². The molecule has 0 saturated heterocycles. The van der Waals surface area contributed by atoms with Crippen LogP contribution in [-0.2, 0) is 19.1 Å². The summed E-state index contributed by atoms with van der Waals surface area (Å²) in [5, 5.41) is 3.29. The Hall–Kier alpha value is -3.28. The van der Waals surface area contributed by atoms with E-state index in [0.29, 0.717) is 11.5 Å². The summed E-state index contributed by atoms with van der Waals surface area (Å²) in [6, 6.07) is 15.6. The lowest BCUT2D eigenvalue weighted by molar-refractivity contribution is -0.153. The van der Waals surface area contributed by atoms with E-state index in [1.807, 2.05) is 48.5 Å². The van der Waals surface area contributed by atoms with Gasteiger partial charge in [-0.1, -0.05) is 87.1 Å². The third-order valence-electron chi connectivity index (χ3n) is 8.20. The van der Waals surface area contributed by atoms with E-state index in [2.05, 4.69) is 0 Å². The van der Waals surface area contributed by atoms with Gasteiger partial charge >= 0.3 is 11.9 Å². The highest BCUT2D eigenvalue weighted by molar-refractivity contribution is 6.11. The Morgan fingerprint density at radius 2 is 0.800 bits per heavy atom. The maximum atomic E-state index is 12.8. The Morgan fingerprint density at radius 1 is 0.500 bits per heavy atom. The van der Waals surface area contributed by atoms with Gasteiger partial charge in [0.25, 0.3) is 0 Å². The molecule has 0 aromatic heterocycles. The van der Waals surface area contributed by atoms with E-state index < -0.39 is 0 Å². The van der Waals surface area contributed by atoms with Gasteiger partial charge in [0.05, 0.1) is 0 Å². The summed E-state index contributed by atoms with van der Waals surface area (Å²) in [6.07, 6.45) is 15.4. The molecule has 0 heterocycles. The summed E-state index contributed by atoms with van der Waals surface area (Å²) in [7, 11) is 0. The van der Waals surface area contributed by atoms with Crippen LogP contribution in [0, 0.1) is 0 Å². The van der Waals surface area contributed by atoms with E-state index in [4.69, 9.17) is 18.9 Å². The summed E-state index contributed by atoms with van der Waals surface area (Å²) in [6.45, 7) is -0.309. The van der Waals surface area contributed by atoms with Crippen molar-refractivity contribution in [2.24, 2.45) is 0 Å². The topological polar surface area (TPSA) is 71.1 Å². The largest absolute Gasteiger partial charge is 0.481 e. The molecule has 0 radical (unpaired) electrons. The van der Waals surface area contributed by atoms with Crippen molar-refractivity contribution in [3.05, 3.63) is 48.5 Å². The molecule has 3 aromatic carbocycles. The number of carbonyl (C=O) groups excluding carboxylic acids is 2. The van der Waals surface area contributed by atoms with E-state index in [-0.39, 0.29) is 37.4 Å². The fraction of sp³-hybridized carbons (Fsp3) is 0.529. The highest BCUT2D eigenvalue weighted by atomic mass is 16.6. The van der Waals surface area contributed by atoms with Gasteiger partial charge in [-0.3, -0.25) is 0 Å². The van der Waals surface area contributed by atoms with Crippen molar-refractivity contribution in [3.8, 4) is 11.5 Å². The van der Waals surface area contributed by atoms with Gasteiger partial charge in [-0.2, -0.15) is 0 Å². The number of hydrogen-bond acceptors (Lipinski definition) is 6. The number of fused-ring (bicyclic) bond motifs is 2. The minimum Gasteiger partial charge on any atom is -0.481 e. The number of rotatable bonds is 8. The lowest BCUT2D eigenvalue weighted by Crippen LogP contribution is -2.24. The standard InChI is InChI=1S/C34H42O6/c35-31(39-25-15-7-3-1-4-8-16-25)23-37-33-27-19-11-13-21-29(27)34(30-22-14-12-20-28(30)33)38-24-32(36)40-26-17-9-5-2-6-10-18-26/h11-14,19-22,25-26H,1-10,15-18,23-24H2. The van der Waals surface area contributed by atoms with Crippen LogP contribution >= 0.6 is 0 Å². The SMILES string of the molecule is O=C(COc1c2ccccc2c(OCC(=O)OC2CCCCCCC2)c2ccccc12)OC1CCCCCCC1. The fourth-order valence-corrected chi connectivity index (χ4v) is 6.13. The second kappa shape index (κ2) is 14.4. The molecule has 40 heavy (non-hydrogen) atoms. The van der Waals surface area contributed by atoms with Gasteiger partial charge in [-0.25, -0.2) is 9.59 Å². The number of hydrogen-bond donors (Lipinski definition) is 0. The molecule has 2 fully saturated rings. The molecule has 5 rings (SSSR count). The van der Waals surface area contributed by atoms with Crippen LogP contribution in [-0.4, -0.2) is 37.4 Å². The van der Waals surface area contributed by atoms with Crippen molar-refractivity contribution in [1.29, 1.82) is 0 Å². The average molecular weight is 547 g/mol. The molecule has 6 heteroatoms. The highest BCUT2D eigenvalue weighted by Gasteiger charge is 2.21. The Balaban J connectivity index is 1.31. The molecule has 0 bridgehead atoms. The minimum absolute atomic E-state index is 0.0251. The Labute approximate surface area is 237 Å². The Morgan fingerprint density at radius 3 is 1.12 bits per heavy atom. The molecule has 0 unspecified atom stereocenters. The lowest BCUT2D eigenvalue weighted by atomic mass is 9.99. The van der Waals surface area contributed by atoms with Gasteiger partial charge in [0.1, 0.15) is 23.7 Å². The molecule has 3 aromatic rings. The van der Waals surface area contributed by atoms with Gasteiger partial charge in [-0.15, -0.1) is 0 Å². The normalized spacial score (nSPS) is 17.8.